The molecule has 1 heterocycles. The van der Waals surface area contributed by atoms with Crippen LogP contribution in [0.5, 0.6) is 5.75 Å². The van der Waals surface area contributed by atoms with Gasteiger partial charge >= 0.3 is 5.97 Å². The lowest BCUT2D eigenvalue weighted by molar-refractivity contribution is -0.175. The first-order chi connectivity index (χ1) is 20.9. The molecule has 0 saturated heterocycles. The number of sulfone groups is 1. The number of nitrogens with one attached hydrogen (secondary N) is 1. The molecule has 2 amide bonds. The van der Waals surface area contributed by atoms with Gasteiger partial charge in [0.2, 0.25) is 5.91 Å². The van der Waals surface area contributed by atoms with Crippen LogP contribution in [0, 0.1) is 11.2 Å². The number of halogens is 1. The summed E-state index contributed by atoms with van der Waals surface area (Å²) in [6.45, 7) is 9.24. The number of amides is 2. The quantitative estimate of drug-likeness (QED) is 0.422. The number of hydrogen-bond acceptors (Lipinski definition) is 8. The van der Waals surface area contributed by atoms with E-state index in [0.29, 0.717) is 49.8 Å². The maximum absolute atomic E-state index is 15.6. The van der Waals surface area contributed by atoms with Gasteiger partial charge in [-0.05, 0) is 103 Å². The molecule has 0 spiro atoms. The van der Waals surface area contributed by atoms with Crippen LogP contribution in [0.2, 0.25) is 0 Å². The van der Waals surface area contributed by atoms with Crippen molar-refractivity contribution in [3.63, 3.8) is 0 Å². The summed E-state index contributed by atoms with van der Waals surface area (Å²) < 4.78 is 53.4. The van der Waals surface area contributed by atoms with E-state index in [0.717, 1.165) is 12.1 Å². The summed E-state index contributed by atoms with van der Waals surface area (Å²) in [6, 6.07) is 7.54. The lowest BCUT2D eigenvalue weighted by atomic mass is 9.57. The molecule has 3 saturated carbocycles. The number of esters is 1. The number of carbonyl (C=O) groups is 3. The van der Waals surface area contributed by atoms with Crippen molar-refractivity contribution in [1.29, 1.82) is 0 Å². The summed E-state index contributed by atoms with van der Waals surface area (Å²) in [5.41, 5.74) is 4.37. The Balaban J connectivity index is 1.42. The van der Waals surface area contributed by atoms with Gasteiger partial charge in [0.05, 0.1) is 46.0 Å². The van der Waals surface area contributed by atoms with E-state index >= 15 is 4.39 Å². The normalized spacial score (nSPS) is 25.8. The Bertz CT molecular complexity index is 1590. The van der Waals surface area contributed by atoms with Crippen molar-refractivity contribution in [2.45, 2.75) is 108 Å². The van der Waals surface area contributed by atoms with Gasteiger partial charge in [0, 0.05) is 5.54 Å². The number of benzene rings is 2. The Kier molecular flexibility index (Phi) is 8.54. The highest BCUT2D eigenvalue weighted by atomic mass is 32.2. The Labute approximate surface area is 263 Å². The zero-order valence-corrected chi connectivity index (χ0v) is 27.3. The molecule has 0 aromatic heterocycles. The number of ether oxygens (including phenoxy) is 2. The first-order valence-corrected chi connectivity index (χ1v) is 17.0. The Morgan fingerprint density at radius 3 is 2.22 bits per heavy atom. The largest absolute Gasteiger partial charge is 0.491 e. The fraction of sp³-hybridized carbons (Fsp3) is 0.545. The minimum Gasteiger partial charge on any atom is -0.491 e. The topological polar surface area (TPSA) is 145 Å². The molecular weight excluding hydrogens is 601 g/mol. The number of rotatable bonds is 7. The second-order valence-corrected chi connectivity index (χ2v) is 15.9. The van der Waals surface area contributed by atoms with Crippen molar-refractivity contribution in [2.24, 2.45) is 11.1 Å². The zero-order valence-electron chi connectivity index (χ0n) is 26.4. The van der Waals surface area contributed by atoms with Gasteiger partial charge in [0.25, 0.3) is 5.91 Å². The van der Waals surface area contributed by atoms with Crippen LogP contribution in [-0.2, 0) is 30.7 Å². The molecule has 0 unspecified atom stereocenters. The van der Waals surface area contributed by atoms with Crippen LogP contribution >= 0.6 is 0 Å². The average Bonchev–Trinajstić information content (AvgIpc) is 3.01. The highest BCUT2D eigenvalue weighted by molar-refractivity contribution is 7.91. The molecule has 0 radical (unpaired) electrons. The van der Waals surface area contributed by atoms with Gasteiger partial charge < -0.3 is 25.4 Å². The van der Waals surface area contributed by atoms with E-state index in [-0.39, 0.29) is 29.9 Å². The summed E-state index contributed by atoms with van der Waals surface area (Å²) in [6.07, 6.45) is 3.14. The highest BCUT2D eigenvalue weighted by Crippen LogP contribution is 2.53. The van der Waals surface area contributed by atoms with Crippen molar-refractivity contribution < 1.29 is 36.7 Å². The van der Waals surface area contributed by atoms with Crippen molar-refractivity contribution >= 4 is 33.3 Å². The van der Waals surface area contributed by atoms with Crippen LogP contribution in [0.1, 0.15) is 89.1 Å². The van der Waals surface area contributed by atoms with Crippen LogP contribution in [0.25, 0.3) is 0 Å². The monoisotopic (exact) mass is 643 g/mol. The van der Waals surface area contributed by atoms with E-state index < -0.39 is 60.7 Å². The van der Waals surface area contributed by atoms with Crippen LogP contribution in [0.3, 0.4) is 0 Å². The maximum atomic E-state index is 15.6. The molecule has 2 aromatic carbocycles. The smallest absolute Gasteiger partial charge is 0.312 e. The number of hydrogen-bond donors (Lipinski definition) is 2. The SMILES string of the molecule is CC(C)Oc1ccc(CN2C(=O)[C@@H](N)CS(=O)(=O)c3cc(F)c(C(=O)NC45CCC(C(=O)OC(C)(C)C)(CC4)CC5)cc32)cc1. The molecule has 10 nitrogen and oxygen atoms in total. The van der Waals surface area contributed by atoms with Crippen molar-refractivity contribution in [3.05, 3.63) is 53.3 Å². The first-order valence-electron chi connectivity index (χ1n) is 15.4. The molecule has 6 rings (SSSR count). The second-order valence-electron chi connectivity index (χ2n) is 13.9. The van der Waals surface area contributed by atoms with Crippen LogP contribution < -0.4 is 20.7 Å². The van der Waals surface area contributed by atoms with Crippen molar-refractivity contribution in [1.82, 2.24) is 5.32 Å². The third kappa shape index (κ3) is 6.72. The van der Waals surface area contributed by atoms with Gasteiger partial charge in [0.15, 0.2) is 9.84 Å². The minimum absolute atomic E-state index is 0.0353. The van der Waals surface area contributed by atoms with E-state index in [4.69, 9.17) is 15.2 Å². The molecule has 1 aliphatic heterocycles. The second kappa shape index (κ2) is 11.7. The summed E-state index contributed by atoms with van der Waals surface area (Å²) in [7, 11) is -4.16. The summed E-state index contributed by atoms with van der Waals surface area (Å²) in [5.74, 6) is -2.67. The van der Waals surface area contributed by atoms with E-state index in [9.17, 15) is 22.8 Å². The number of fused-ring (bicyclic) bond motifs is 4. The predicted molar refractivity (Wildman–Crippen MR) is 166 cm³/mol. The van der Waals surface area contributed by atoms with Crippen molar-refractivity contribution in [2.75, 3.05) is 10.7 Å². The number of nitrogens with two attached hydrogens (primary N) is 1. The molecular formula is C33H42FN3O7S. The molecule has 45 heavy (non-hydrogen) atoms. The molecule has 2 aromatic rings. The Hall–Kier alpha value is -3.51. The van der Waals surface area contributed by atoms with Crippen LogP contribution in [0.15, 0.2) is 41.3 Å². The third-order valence-corrected chi connectivity index (χ3v) is 10.8. The standard InChI is InChI=1S/C33H42FN3O7S/c1-20(2)43-22-8-6-21(7-9-22)18-37-26-16-23(24(34)17-27(26)45(41,42)19-25(35)29(37)39)28(38)36-33-13-10-32(11-14-33,12-15-33)30(40)44-31(3,4)5/h6-9,16-17,20,25H,10-15,18-19,35H2,1-5H3,(H,36,38)/t25-,32?,33?/m0/s1. The molecule has 12 heteroatoms. The number of anilines is 1. The number of carbonyl (C=O) groups excluding carboxylic acids is 3. The lowest BCUT2D eigenvalue weighted by Gasteiger charge is -2.52. The Morgan fingerprint density at radius 1 is 1.07 bits per heavy atom. The van der Waals surface area contributed by atoms with Gasteiger partial charge in [-0.3, -0.25) is 14.4 Å². The zero-order chi connectivity index (χ0) is 32.9. The van der Waals surface area contributed by atoms with E-state index in [2.05, 4.69) is 5.32 Å². The van der Waals surface area contributed by atoms with E-state index in [1.165, 1.54) is 4.90 Å². The van der Waals surface area contributed by atoms with E-state index in [1.54, 1.807) is 24.3 Å². The molecule has 4 aliphatic rings. The fourth-order valence-corrected chi connectivity index (χ4v) is 8.12. The van der Waals surface area contributed by atoms with Gasteiger partial charge in [-0.2, -0.15) is 0 Å². The van der Waals surface area contributed by atoms with Crippen molar-refractivity contribution in [3.8, 4) is 5.75 Å². The fourth-order valence-electron chi connectivity index (χ4n) is 6.56. The highest BCUT2D eigenvalue weighted by Gasteiger charge is 2.54. The van der Waals surface area contributed by atoms with Crippen LogP contribution in [-0.4, -0.2) is 55.2 Å². The minimum atomic E-state index is -4.16. The summed E-state index contributed by atoms with van der Waals surface area (Å²) in [4.78, 5) is 40.9. The molecule has 1 atom stereocenters. The predicted octanol–water partition coefficient (Wildman–Crippen LogP) is 4.43. The van der Waals surface area contributed by atoms with E-state index in [1.807, 2.05) is 34.6 Å². The Morgan fingerprint density at radius 2 is 1.67 bits per heavy atom. The average molecular weight is 644 g/mol. The number of nitrogens with zero attached hydrogens (tertiary/aromatic N) is 1. The van der Waals surface area contributed by atoms with Gasteiger partial charge in [-0.15, -0.1) is 0 Å². The molecule has 3 N–H and O–H groups in total. The summed E-state index contributed by atoms with van der Waals surface area (Å²) in [5, 5.41) is 3.01. The molecule has 244 valence electrons. The lowest BCUT2D eigenvalue weighted by Crippen LogP contribution is -2.59. The summed E-state index contributed by atoms with van der Waals surface area (Å²) >= 11 is 0. The van der Waals surface area contributed by atoms with Crippen LogP contribution in [0.4, 0.5) is 10.1 Å². The van der Waals surface area contributed by atoms with Gasteiger partial charge in [-0.1, -0.05) is 12.1 Å². The van der Waals surface area contributed by atoms with Gasteiger partial charge in [-0.25, -0.2) is 12.8 Å². The maximum Gasteiger partial charge on any atom is 0.312 e. The third-order valence-electron chi connectivity index (χ3n) is 8.99. The first kappa shape index (κ1) is 32.9. The molecule has 3 fully saturated rings. The van der Waals surface area contributed by atoms with Gasteiger partial charge in [0.1, 0.15) is 17.2 Å². The molecule has 2 bridgehead atoms. The molecule has 3 aliphatic carbocycles.